The van der Waals surface area contributed by atoms with Crippen LogP contribution in [0.15, 0.2) is 42.7 Å². The van der Waals surface area contributed by atoms with Crippen LogP contribution in [0.3, 0.4) is 0 Å². The first-order valence-corrected chi connectivity index (χ1v) is 8.86. The van der Waals surface area contributed by atoms with Crippen molar-refractivity contribution in [1.82, 2.24) is 19.6 Å². The molecule has 0 fully saturated rings. The number of amides is 1. The number of nitrogens with one attached hydrogen (secondary N) is 1. The average molecular weight is 430 g/mol. The summed E-state index contributed by atoms with van der Waals surface area (Å²) in [7, 11) is 0. The van der Waals surface area contributed by atoms with E-state index in [0.717, 1.165) is 5.56 Å². The van der Waals surface area contributed by atoms with Crippen molar-refractivity contribution in [2.75, 3.05) is 5.32 Å². The van der Waals surface area contributed by atoms with Gasteiger partial charge in [0.1, 0.15) is 17.4 Å². The fourth-order valence-electron chi connectivity index (χ4n) is 2.68. The van der Waals surface area contributed by atoms with Gasteiger partial charge in [0.15, 0.2) is 0 Å². The maximum Gasteiger partial charge on any atom is 0.282 e. The largest absolute Gasteiger partial charge is 0.322 e. The minimum Gasteiger partial charge on any atom is -0.322 e. The topological polar surface area (TPSA) is 64.7 Å². The number of carbonyl (C=O) groups excluding carboxylic acids is 1. The van der Waals surface area contributed by atoms with Gasteiger partial charge in [-0.15, -0.1) is 0 Å². The molecular formula is C18H16ClF4N5O. The van der Waals surface area contributed by atoms with E-state index in [1.165, 1.54) is 24.0 Å². The van der Waals surface area contributed by atoms with Gasteiger partial charge in [0.25, 0.3) is 12.9 Å². The highest BCUT2D eigenvalue weighted by Crippen LogP contribution is 2.27. The van der Waals surface area contributed by atoms with Crippen molar-refractivity contribution in [2.24, 2.45) is 0 Å². The van der Waals surface area contributed by atoms with Crippen LogP contribution in [-0.4, -0.2) is 25.5 Å². The Morgan fingerprint density at radius 3 is 2.59 bits per heavy atom. The minimum atomic E-state index is -3.05. The van der Waals surface area contributed by atoms with Gasteiger partial charge in [0.05, 0.1) is 18.4 Å². The quantitative estimate of drug-likeness (QED) is 0.546. The lowest BCUT2D eigenvalue weighted by Crippen LogP contribution is -2.25. The first-order chi connectivity index (χ1) is 13.8. The molecule has 0 saturated carbocycles. The molecule has 2 aromatic heterocycles. The van der Waals surface area contributed by atoms with E-state index in [1.807, 2.05) is 12.1 Å². The molecule has 0 aliphatic carbocycles. The molecule has 0 aliphatic rings. The summed E-state index contributed by atoms with van der Waals surface area (Å²) in [6, 6.07) is 6.55. The Labute approximate surface area is 168 Å². The maximum atomic E-state index is 13.1. The van der Waals surface area contributed by atoms with Gasteiger partial charge in [-0.2, -0.15) is 10.2 Å². The third kappa shape index (κ3) is 4.76. The molecule has 154 valence electrons. The molecule has 6 nitrogen and oxygen atoms in total. The Hall–Kier alpha value is -2.88. The Bertz CT molecular complexity index is 1000. The van der Waals surface area contributed by atoms with Crippen molar-refractivity contribution in [3.05, 3.63) is 64.7 Å². The van der Waals surface area contributed by atoms with Gasteiger partial charge in [0.2, 0.25) is 5.91 Å². The summed E-state index contributed by atoms with van der Waals surface area (Å²) in [5, 5.41) is 10.6. The molecule has 0 saturated heterocycles. The number of alkyl halides is 4. The van der Waals surface area contributed by atoms with E-state index in [4.69, 9.17) is 11.6 Å². The molecular weight excluding hydrogens is 414 g/mol. The lowest BCUT2D eigenvalue weighted by atomic mass is 10.2. The molecule has 11 heteroatoms. The SMILES string of the molecule is CC(C(=O)Nc1cnn(Cc2ccccc2Cl)c1)n1nc(C(F)F)cc1C(F)F. The Balaban J connectivity index is 1.72. The zero-order valence-electron chi connectivity index (χ0n) is 15.1. The molecule has 3 aromatic rings. The van der Waals surface area contributed by atoms with Crippen LogP contribution in [0.4, 0.5) is 23.2 Å². The molecule has 1 aromatic carbocycles. The summed E-state index contributed by atoms with van der Waals surface area (Å²) < 4.78 is 54.0. The summed E-state index contributed by atoms with van der Waals surface area (Å²) in [5.41, 5.74) is -0.431. The summed E-state index contributed by atoms with van der Waals surface area (Å²) >= 11 is 6.10. The number of aromatic nitrogens is 4. The monoisotopic (exact) mass is 429 g/mol. The van der Waals surface area contributed by atoms with Crippen molar-refractivity contribution < 1.29 is 22.4 Å². The van der Waals surface area contributed by atoms with Crippen LogP contribution in [0.5, 0.6) is 0 Å². The van der Waals surface area contributed by atoms with Crippen molar-refractivity contribution in [3.63, 3.8) is 0 Å². The lowest BCUT2D eigenvalue weighted by Gasteiger charge is -2.14. The van der Waals surface area contributed by atoms with E-state index >= 15 is 0 Å². The average Bonchev–Trinajstić information content (AvgIpc) is 3.30. The highest BCUT2D eigenvalue weighted by Gasteiger charge is 2.27. The molecule has 0 spiro atoms. The standard InChI is InChI=1S/C18H16ClF4N5O/c1-10(28-15(17(22)23)6-14(26-28)16(20)21)18(29)25-12-7-24-27(9-12)8-11-4-2-3-5-13(11)19/h2-7,9-10,16-17H,8H2,1H3,(H,25,29). The van der Waals surface area contributed by atoms with Crippen LogP contribution in [-0.2, 0) is 11.3 Å². The van der Waals surface area contributed by atoms with Crippen molar-refractivity contribution >= 4 is 23.2 Å². The van der Waals surface area contributed by atoms with Gasteiger partial charge in [-0.1, -0.05) is 29.8 Å². The molecule has 1 unspecified atom stereocenters. The van der Waals surface area contributed by atoms with Crippen LogP contribution in [0, 0.1) is 0 Å². The first-order valence-electron chi connectivity index (χ1n) is 8.48. The summed E-state index contributed by atoms with van der Waals surface area (Å²) in [4.78, 5) is 12.4. The van der Waals surface area contributed by atoms with Gasteiger partial charge in [0, 0.05) is 11.2 Å². The number of halogens is 5. The molecule has 1 atom stereocenters. The highest BCUT2D eigenvalue weighted by molar-refractivity contribution is 6.31. The fourth-order valence-corrected chi connectivity index (χ4v) is 2.88. The van der Waals surface area contributed by atoms with Gasteiger partial charge in [-0.3, -0.25) is 14.2 Å². The number of carbonyl (C=O) groups is 1. The van der Waals surface area contributed by atoms with E-state index in [1.54, 1.807) is 12.1 Å². The normalized spacial score (nSPS) is 12.6. The van der Waals surface area contributed by atoms with E-state index < -0.39 is 36.2 Å². The predicted octanol–water partition coefficient (Wildman–Crippen LogP) is 4.86. The van der Waals surface area contributed by atoms with Gasteiger partial charge in [-0.05, 0) is 24.6 Å². The van der Waals surface area contributed by atoms with Gasteiger partial charge < -0.3 is 5.32 Å². The fraction of sp³-hybridized carbons (Fsp3) is 0.278. The number of nitrogens with zero attached hydrogens (tertiary/aromatic N) is 4. The summed E-state index contributed by atoms with van der Waals surface area (Å²) in [5.74, 6) is -0.701. The molecule has 29 heavy (non-hydrogen) atoms. The predicted molar refractivity (Wildman–Crippen MR) is 98.3 cm³/mol. The summed E-state index contributed by atoms with van der Waals surface area (Å²) in [6.45, 7) is 1.65. The zero-order chi connectivity index (χ0) is 21.1. The number of benzene rings is 1. The Kier molecular flexibility index (Phi) is 6.21. The van der Waals surface area contributed by atoms with Gasteiger partial charge >= 0.3 is 0 Å². The molecule has 1 N–H and O–H groups in total. The number of rotatable bonds is 7. The van der Waals surface area contributed by atoms with Gasteiger partial charge in [-0.25, -0.2) is 17.6 Å². The number of hydrogen-bond donors (Lipinski definition) is 1. The van der Waals surface area contributed by atoms with E-state index in [9.17, 15) is 22.4 Å². The Morgan fingerprint density at radius 1 is 1.21 bits per heavy atom. The van der Waals surface area contributed by atoms with E-state index in [-0.39, 0.29) is 0 Å². The second kappa shape index (κ2) is 8.64. The molecule has 0 bridgehead atoms. The number of anilines is 1. The van der Waals surface area contributed by atoms with Crippen molar-refractivity contribution in [3.8, 4) is 0 Å². The van der Waals surface area contributed by atoms with Crippen LogP contribution >= 0.6 is 11.6 Å². The molecule has 1 amide bonds. The minimum absolute atomic E-state index is 0.314. The second-order valence-corrected chi connectivity index (χ2v) is 6.63. The van der Waals surface area contributed by atoms with Crippen LogP contribution in [0.1, 0.15) is 42.8 Å². The highest BCUT2D eigenvalue weighted by atomic mass is 35.5. The molecule has 0 aliphatic heterocycles. The first kappa shape index (κ1) is 20.8. The molecule has 2 heterocycles. The van der Waals surface area contributed by atoms with Crippen LogP contribution < -0.4 is 5.32 Å². The van der Waals surface area contributed by atoms with E-state index in [2.05, 4.69) is 15.5 Å². The second-order valence-electron chi connectivity index (χ2n) is 6.22. The smallest absolute Gasteiger partial charge is 0.282 e. The molecule has 3 rings (SSSR count). The maximum absolute atomic E-state index is 13.1. The zero-order valence-corrected chi connectivity index (χ0v) is 15.8. The van der Waals surface area contributed by atoms with Crippen LogP contribution in [0.2, 0.25) is 5.02 Å². The summed E-state index contributed by atoms with van der Waals surface area (Å²) in [6.07, 6.45) is -3.16. The number of hydrogen-bond acceptors (Lipinski definition) is 3. The lowest BCUT2D eigenvalue weighted by molar-refractivity contribution is -0.119. The van der Waals surface area contributed by atoms with Crippen molar-refractivity contribution in [2.45, 2.75) is 32.4 Å². The third-order valence-corrected chi connectivity index (χ3v) is 4.54. The molecule has 0 radical (unpaired) electrons. The van der Waals surface area contributed by atoms with Crippen LogP contribution in [0.25, 0.3) is 0 Å². The van der Waals surface area contributed by atoms with Crippen molar-refractivity contribution in [1.29, 1.82) is 0 Å². The third-order valence-electron chi connectivity index (χ3n) is 4.17. The Morgan fingerprint density at radius 2 is 1.93 bits per heavy atom. The van der Waals surface area contributed by atoms with E-state index in [0.29, 0.717) is 28.0 Å².